The van der Waals surface area contributed by atoms with Gasteiger partial charge >= 0.3 is 6.03 Å². The number of urea groups is 1. The average molecular weight is 346 g/mol. The lowest BCUT2D eigenvalue weighted by atomic mass is 10.3. The summed E-state index contributed by atoms with van der Waals surface area (Å²) in [5, 5.41) is 9.62. The van der Waals surface area contributed by atoms with Crippen LogP contribution in [0.2, 0.25) is 0 Å². The second kappa shape index (κ2) is 6.89. The standard InChI is InChI=1S/C18H14N6O2/c25-18(20-13-6-2-1-3-7-13)22-15-12-16(24-10-5-9-19-24)23-17(21-15)14-8-4-11-26-14/h1-12H,(H2,20,21,22,23,25). The Morgan fingerprint density at radius 3 is 2.62 bits per heavy atom. The molecule has 128 valence electrons. The fraction of sp³-hybridized carbons (Fsp3) is 0. The van der Waals surface area contributed by atoms with Gasteiger partial charge in [-0.25, -0.2) is 19.4 Å². The third kappa shape index (κ3) is 3.44. The van der Waals surface area contributed by atoms with E-state index in [1.165, 1.54) is 6.26 Å². The summed E-state index contributed by atoms with van der Waals surface area (Å²) in [7, 11) is 0. The number of carbonyl (C=O) groups is 1. The first-order valence-electron chi connectivity index (χ1n) is 7.84. The smallest absolute Gasteiger partial charge is 0.324 e. The molecule has 3 aromatic heterocycles. The zero-order valence-electron chi connectivity index (χ0n) is 13.5. The van der Waals surface area contributed by atoms with Crippen molar-refractivity contribution in [3.63, 3.8) is 0 Å². The van der Waals surface area contributed by atoms with Gasteiger partial charge in [0, 0.05) is 24.1 Å². The van der Waals surface area contributed by atoms with Crippen molar-refractivity contribution >= 4 is 17.5 Å². The molecular formula is C18H14N6O2. The Morgan fingerprint density at radius 1 is 1.00 bits per heavy atom. The molecule has 4 rings (SSSR count). The number of hydrogen-bond donors (Lipinski definition) is 2. The molecule has 0 saturated heterocycles. The number of nitrogens with zero attached hydrogens (tertiary/aromatic N) is 4. The molecule has 0 unspecified atom stereocenters. The molecule has 0 aliphatic heterocycles. The van der Waals surface area contributed by atoms with Crippen LogP contribution in [0.15, 0.2) is 77.7 Å². The minimum atomic E-state index is -0.410. The summed E-state index contributed by atoms with van der Waals surface area (Å²) >= 11 is 0. The van der Waals surface area contributed by atoms with Crippen LogP contribution in [0, 0.1) is 0 Å². The second-order valence-corrected chi connectivity index (χ2v) is 5.31. The predicted octanol–water partition coefficient (Wildman–Crippen LogP) is 3.57. The molecule has 2 N–H and O–H groups in total. The molecule has 0 spiro atoms. The van der Waals surface area contributed by atoms with Gasteiger partial charge in [-0.15, -0.1) is 0 Å². The topological polar surface area (TPSA) is 97.9 Å². The minimum Gasteiger partial charge on any atom is -0.461 e. The molecule has 0 atom stereocenters. The van der Waals surface area contributed by atoms with Gasteiger partial charge in [0.25, 0.3) is 0 Å². The molecular weight excluding hydrogens is 332 g/mol. The minimum absolute atomic E-state index is 0.324. The maximum absolute atomic E-state index is 12.2. The van der Waals surface area contributed by atoms with Crippen molar-refractivity contribution in [1.82, 2.24) is 19.7 Å². The largest absolute Gasteiger partial charge is 0.461 e. The molecule has 0 aliphatic carbocycles. The van der Waals surface area contributed by atoms with Crippen LogP contribution in [0.3, 0.4) is 0 Å². The van der Waals surface area contributed by atoms with E-state index in [2.05, 4.69) is 25.7 Å². The maximum Gasteiger partial charge on any atom is 0.324 e. The molecule has 4 aromatic rings. The number of rotatable bonds is 4. The molecule has 3 heterocycles. The second-order valence-electron chi connectivity index (χ2n) is 5.31. The molecule has 0 fully saturated rings. The number of aromatic nitrogens is 4. The fourth-order valence-electron chi connectivity index (χ4n) is 2.34. The van der Waals surface area contributed by atoms with Crippen LogP contribution in [0.4, 0.5) is 16.3 Å². The maximum atomic E-state index is 12.2. The van der Waals surface area contributed by atoms with Gasteiger partial charge in [-0.1, -0.05) is 18.2 Å². The van der Waals surface area contributed by atoms with Crippen molar-refractivity contribution in [2.24, 2.45) is 0 Å². The van der Waals surface area contributed by atoms with E-state index in [1.807, 2.05) is 18.2 Å². The van der Waals surface area contributed by atoms with Crippen molar-refractivity contribution in [1.29, 1.82) is 0 Å². The first-order valence-corrected chi connectivity index (χ1v) is 7.84. The number of amides is 2. The van der Waals surface area contributed by atoms with E-state index in [0.29, 0.717) is 28.9 Å². The van der Waals surface area contributed by atoms with Gasteiger partial charge in [0.2, 0.25) is 0 Å². The summed E-state index contributed by atoms with van der Waals surface area (Å²) in [6.07, 6.45) is 4.93. The van der Waals surface area contributed by atoms with Gasteiger partial charge in [-0.2, -0.15) is 5.10 Å². The molecule has 0 saturated carbocycles. The van der Waals surface area contributed by atoms with Gasteiger partial charge in [0.15, 0.2) is 17.4 Å². The number of nitrogens with one attached hydrogen (secondary N) is 2. The molecule has 8 nitrogen and oxygen atoms in total. The van der Waals surface area contributed by atoms with Gasteiger partial charge < -0.3 is 9.73 Å². The van der Waals surface area contributed by atoms with Gasteiger partial charge in [-0.3, -0.25) is 5.32 Å². The van der Waals surface area contributed by atoms with Crippen LogP contribution >= 0.6 is 0 Å². The number of hydrogen-bond acceptors (Lipinski definition) is 5. The quantitative estimate of drug-likeness (QED) is 0.589. The molecule has 8 heteroatoms. The van der Waals surface area contributed by atoms with Crippen molar-refractivity contribution in [2.75, 3.05) is 10.6 Å². The Hall–Kier alpha value is -3.94. The number of carbonyl (C=O) groups excluding carboxylic acids is 1. The number of anilines is 2. The Balaban J connectivity index is 1.63. The summed E-state index contributed by atoms with van der Waals surface area (Å²) in [6.45, 7) is 0. The first kappa shape index (κ1) is 15.6. The van der Waals surface area contributed by atoms with E-state index in [4.69, 9.17) is 4.42 Å². The van der Waals surface area contributed by atoms with E-state index in [9.17, 15) is 4.79 Å². The van der Waals surface area contributed by atoms with Crippen LogP contribution in [-0.2, 0) is 0 Å². The third-order valence-electron chi connectivity index (χ3n) is 3.47. The fourth-order valence-corrected chi connectivity index (χ4v) is 2.34. The SMILES string of the molecule is O=C(Nc1ccccc1)Nc1cc(-n2cccn2)nc(-c2ccco2)n1. The third-order valence-corrected chi connectivity index (χ3v) is 3.47. The Labute approximate surface area is 148 Å². The molecule has 1 aromatic carbocycles. The highest BCUT2D eigenvalue weighted by Crippen LogP contribution is 2.20. The van der Waals surface area contributed by atoms with Crippen LogP contribution in [0.25, 0.3) is 17.4 Å². The number of para-hydroxylation sites is 1. The number of furan rings is 1. The normalized spacial score (nSPS) is 10.5. The van der Waals surface area contributed by atoms with Crippen LogP contribution in [0.5, 0.6) is 0 Å². The summed E-state index contributed by atoms with van der Waals surface area (Å²) in [5.74, 6) is 1.67. The summed E-state index contributed by atoms with van der Waals surface area (Å²) in [4.78, 5) is 21.0. The summed E-state index contributed by atoms with van der Waals surface area (Å²) < 4.78 is 6.94. The van der Waals surface area contributed by atoms with Gasteiger partial charge in [0.05, 0.1) is 6.26 Å². The Bertz CT molecular complexity index is 945. The van der Waals surface area contributed by atoms with E-state index in [1.54, 1.807) is 53.5 Å². The van der Waals surface area contributed by atoms with Gasteiger partial charge in [-0.05, 0) is 30.3 Å². The van der Waals surface area contributed by atoms with Crippen molar-refractivity contribution in [3.05, 3.63) is 73.3 Å². The monoisotopic (exact) mass is 346 g/mol. The number of benzene rings is 1. The lowest BCUT2D eigenvalue weighted by Gasteiger charge is -2.09. The summed E-state index contributed by atoms with van der Waals surface area (Å²) in [5.41, 5.74) is 0.678. The van der Waals surface area contributed by atoms with E-state index in [-0.39, 0.29) is 0 Å². The van der Waals surface area contributed by atoms with Crippen molar-refractivity contribution in [3.8, 4) is 17.4 Å². The Morgan fingerprint density at radius 2 is 1.88 bits per heavy atom. The van der Waals surface area contributed by atoms with E-state index in [0.717, 1.165) is 0 Å². The lowest BCUT2D eigenvalue weighted by molar-refractivity contribution is 0.262. The molecule has 0 aliphatic rings. The highest BCUT2D eigenvalue weighted by atomic mass is 16.3. The predicted molar refractivity (Wildman–Crippen MR) is 95.9 cm³/mol. The average Bonchev–Trinajstić information content (AvgIpc) is 3.36. The van der Waals surface area contributed by atoms with Crippen LogP contribution in [0.1, 0.15) is 0 Å². The first-order chi connectivity index (χ1) is 12.8. The highest BCUT2D eigenvalue weighted by molar-refractivity contribution is 5.99. The van der Waals surface area contributed by atoms with Crippen molar-refractivity contribution in [2.45, 2.75) is 0 Å². The Kier molecular flexibility index (Phi) is 4.13. The molecule has 26 heavy (non-hydrogen) atoms. The van der Waals surface area contributed by atoms with Crippen LogP contribution in [-0.4, -0.2) is 25.8 Å². The van der Waals surface area contributed by atoms with E-state index < -0.39 is 6.03 Å². The molecule has 0 radical (unpaired) electrons. The highest BCUT2D eigenvalue weighted by Gasteiger charge is 2.12. The van der Waals surface area contributed by atoms with E-state index >= 15 is 0 Å². The van der Waals surface area contributed by atoms with Crippen LogP contribution < -0.4 is 10.6 Å². The zero-order chi connectivity index (χ0) is 17.8. The van der Waals surface area contributed by atoms with Gasteiger partial charge in [0.1, 0.15) is 5.82 Å². The zero-order valence-corrected chi connectivity index (χ0v) is 13.5. The van der Waals surface area contributed by atoms with Crippen molar-refractivity contribution < 1.29 is 9.21 Å². The molecule has 2 amide bonds. The lowest BCUT2D eigenvalue weighted by Crippen LogP contribution is -2.20. The summed E-state index contributed by atoms with van der Waals surface area (Å²) in [6, 6.07) is 15.6. The molecule has 0 bridgehead atoms.